The van der Waals surface area contributed by atoms with Crippen molar-refractivity contribution in [1.82, 2.24) is 10.9 Å². The van der Waals surface area contributed by atoms with Crippen molar-refractivity contribution in [3.63, 3.8) is 0 Å². The van der Waals surface area contributed by atoms with Crippen LogP contribution in [0.3, 0.4) is 0 Å². The number of hydrogen-bond acceptors (Lipinski definition) is 6. The Morgan fingerprint density at radius 1 is 1.24 bits per heavy atom. The molecule has 1 aromatic carbocycles. The molecular weight excluding hydrogens is 272 g/mol. The summed E-state index contributed by atoms with van der Waals surface area (Å²) in [5.41, 5.74) is 7.05. The molecule has 1 saturated heterocycles. The number of hydrogen-bond donors (Lipinski definition) is 2. The van der Waals surface area contributed by atoms with E-state index < -0.39 is 0 Å². The van der Waals surface area contributed by atoms with E-state index in [1.165, 1.54) is 7.11 Å². The smallest absolute Gasteiger partial charge is 0.324 e. The molecule has 0 aromatic heterocycles. The van der Waals surface area contributed by atoms with Gasteiger partial charge in [-0.3, -0.25) is 4.79 Å². The molecule has 0 saturated carbocycles. The van der Waals surface area contributed by atoms with E-state index in [1.807, 2.05) is 32.0 Å². The van der Waals surface area contributed by atoms with Gasteiger partial charge in [-0.1, -0.05) is 0 Å². The van der Waals surface area contributed by atoms with Gasteiger partial charge in [0.15, 0.2) is 0 Å². The molecule has 1 aliphatic heterocycles. The number of rotatable bonds is 6. The van der Waals surface area contributed by atoms with E-state index in [0.29, 0.717) is 19.6 Å². The van der Waals surface area contributed by atoms with Gasteiger partial charge in [0.05, 0.1) is 26.4 Å². The van der Waals surface area contributed by atoms with Crippen LogP contribution in [0.5, 0.6) is 11.5 Å². The third-order valence-electron chi connectivity index (χ3n) is 3.36. The van der Waals surface area contributed by atoms with Crippen LogP contribution in [0, 0.1) is 0 Å². The molecular formula is C15H22N2O4. The number of benzene rings is 1. The van der Waals surface area contributed by atoms with Crippen molar-refractivity contribution in [2.45, 2.75) is 32.4 Å². The molecule has 116 valence electrons. The van der Waals surface area contributed by atoms with Crippen LogP contribution < -0.4 is 20.3 Å². The van der Waals surface area contributed by atoms with Gasteiger partial charge in [0.1, 0.15) is 17.5 Å². The summed E-state index contributed by atoms with van der Waals surface area (Å²) >= 11 is 0. The first-order valence-electron chi connectivity index (χ1n) is 7.18. The number of hydrazine groups is 1. The normalized spacial score (nSPS) is 21.1. The van der Waals surface area contributed by atoms with E-state index >= 15 is 0 Å². The summed E-state index contributed by atoms with van der Waals surface area (Å²) in [6, 6.07) is 5.35. The summed E-state index contributed by atoms with van der Waals surface area (Å²) in [5.74, 6) is 1.31. The number of methoxy groups -OCH3 is 1. The fourth-order valence-electron chi connectivity index (χ4n) is 2.40. The van der Waals surface area contributed by atoms with E-state index in [9.17, 15) is 4.79 Å². The second-order valence-electron chi connectivity index (χ2n) is 4.72. The summed E-state index contributed by atoms with van der Waals surface area (Å²) in [6.07, 6.45) is 0.600. The summed E-state index contributed by atoms with van der Waals surface area (Å²) in [6.45, 7) is 5.08. The SMILES string of the molecule is CCOc1ccc(OCC)c(C2CC(C(=O)OC)NN2)c1. The maximum Gasteiger partial charge on any atom is 0.324 e. The van der Waals surface area contributed by atoms with Crippen molar-refractivity contribution < 1.29 is 19.0 Å². The van der Waals surface area contributed by atoms with Crippen LogP contribution in [0.4, 0.5) is 0 Å². The molecule has 0 aliphatic carbocycles. The Morgan fingerprint density at radius 2 is 2.00 bits per heavy atom. The average molecular weight is 294 g/mol. The Kier molecular flexibility index (Phi) is 5.41. The lowest BCUT2D eigenvalue weighted by Gasteiger charge is -2.17. The number of carbonyl (C=O) groups is 1. The molecule has 1 aromatic rings. The number of ether oxygens (including phenoxy) is 3. The van der Waals surface area contributed by atoms with Gasteiger partial charge in [-0.05, 0) is 38.5 Å². The van der Waals surface area contributed by atoms with E-state index in [1.54, 1.807) is 0 Å². The molecule has 2 unspecified atom stereocenters. The monoisotopic (exact) mass is 294 g/mol. The molecule has 2 atom stereocenters. The summed E-state index contributed by atoms with van der Waals surface area (Å²) in [4.78, 5) is 11.6. The van der Waals surface area contributed by atoms with Gasteiger partial charge in [-0.2, -0.15) is 0 Å². The molecule has 0 radical (unpaired) electrons. The highest BCUT2D eigenvalue weighted by molar-refractivity contribution is 5.76. The van der Waals surface area contributed by atoms with Crippen molar-refractivity contribution in [3.8, 4) is 11.5 Å². The van der Waals surface area contributed by atoms with Gasteiger partial charge in [0, 0.05) is 5.56 Å². The Bertz CT molecular complexity index is 493. The highest BCUT2D eigenvalue weighted by atomic mass is 16.5. The van der Waals surface area contributed by atoms with Crippen molar-refractivity contribution in [2.24, 2.45) is 0 Å². The van der Waals surface area contributed by atoms with Crippen molar-refractivity contribution >= 4 is 5.97 Å². The lowest BCUT2D eigenvalue weighted by molar-refractivity contribution is -0.142. The number of esters is 1. The highest BCUT2D eigenvalue weighted by Gasteiger charge is 2.32. The van der Waals surface area contributed by atoms with E-state index in [-0.39, 0.29) is 18.1 Å². The third kappa shape index (κ3) is 3.65. The molecule has 1 aliphatic rings. The van der Waals surface area contributed by atoms with Gasteiger partial charge in [0.25, 0.3) is 0 Å². The van der Waals surface area contributed by atoms with Crippen LogP contribution in [0.1, 0.15) is 31.9 Å². The zero-order chi connectivity index (χ0) is 15.2. The standard InChI is InChI=1S/C15H22N2O4/c1-4-20-10-6-7-14(21-5-2)11(8-10)12-9-13(17-16-12)15(18)19-3/h6-8,12-13,16-17H,4-5,9H2,1-3H3. The second kappa shape index (κ2) is 7.28. The maximum atomic E-state index is 11.6. The van der Waals surface area contributed by atoms with Crippen LogP contribution >= 0.6 is 0 Å². The summed E-state index contributed by atoms with van der Waals surface area (Å²) < 4.78 is 16.0. The Balaban J connectivity index is 2.20. The predicted molar refractivity (Wildman–Crippen MR) is 78.2 cm³/mol. The molecule has 0 spiro atoms. The Hall–Kier alpha value is -1.79. The predicted octanol–water partition coefficient (Wildman–Crippen LogP) is 1.56. The van der Waals surface area contributed by atoms with E-state index in [0.717, 1.165) is 17.1 Å². The molecule has 0 bridgehead atoms. The van der Waals surface area contributed by atoms with Crippen molar-refractivity contribution in [3.05, 3.63) is 23.8 Å². The minimum atomic E-state index is -0.356. The average Bonchev–Trinajstić information content (AvgIpc) is 2.98. The lowest BCUT2D eigenvalue weighted by Crippen LogP contribution is -2.36. The minimum Gasteiger partial charge on any atom is -0.494 e. The molecule has 2 rings (SSSR count). The topological polar surface area (TPSA) is 68.8 Å². The van der Waals surface area contributed by atoms with Crippen molar-refractivity contribution in [2.75, 3.05) is 20.3 Å². The first-order chi connectivity index (χ1) is 10.2. The fourth-order valence-corrected chi connectivity index (χ4v) is 2.40. The van der Waals surface area contributed by atoms with Crippen LogP contribution in [0.2, 0.25) is 0 Å². The minimum absolute atomic E-state index is 0.0314. The van der Waals surface area contributed by atoms with Gasteiger partial charge < -0.3 is 14.2 Å². The van der Waals surface area contributed by atoms with E-state index in [4.69, 9.17) is 14.2 Å². The molecule has 6 nitrogen and oxygen atoms in total. The maximum absolute atomic E-state index is 11.6. The first kappa shape index (κ1) is 15.6. The zero-order valence-electron chi connectivity index (χ0n) is 12.6. The van der Waals surface area contributed by atoms with E-state index in [2.05, 4.69) is 10.9 Å². The number of carbonyl (C=O) groups excluding carboxylic acids is 1. The molecule has 2 N–H and O–H groups in total. The fraction of sp³-hybridized carbons (Fsp3) is 0.533. The van der Waals surface area contributed by atoms with Crippen LogP contribution in [0.25, 0.3) is 0 Å². The Morgan fingerprint density at radius 3 is 2.67 bits per heavy atom. The third-order valence-corrected chi connectivity index (χ3v) is 3.36. The first-order valence-corrected chi connectivity index (χ1v) is 7.18. The largest absolute Gasteiger partial charge is 0.494 e. The van der Waals surface area contributed by atoms with Gasteiger partial charge in [-0.15, -0.1) is 0 Å². The van der Waals surface area contributed by atoms with Gasteiger partial charge in [-0.25, -0.2) is 10.9 Å². The quantitative estimate of drug-likeness (QED) is 0.776. The lowest BCUT2D eigenvalue weighted by atomic mass is 10.0. The van der Waals surface area contributed by atoms with Gasteiger partial charge >= 0.3 is 5.97 Å². The molecule has 21 heavy (non-hydrogen) atoms. The van der Waals surface area contributed by atoms with Crippen LogP contribution in [-0.4, -0.2) is 32.3 Å². The van der Waals surface area contributed by atoms with Crippen molar-refractivity contribution in [1.29, 1.82) is 0 Å². The molecule has 1 heterocycles. The molecule has 1 fully saturated rings. The molecule has 0 amide bonds. The zero-order valence-corrected chi connectivity index (χ0v) is 12.6. The molecule has 6 heteroatoms. The van der Waals surface area contributed by atoms with Gasteiger partial charge in [0.2, 0.25) is 0 Å². The number of nitrogens with one attached hydrogen (secondary N) is 2. The van der Waals surface area contributed by atoms with Crippen LogP contribution in [0.15, 0.2) is 18.2 Å². The Labute approximate surface area is 124 Å². The summed E-state index contributed by atoms with van der Waals surface area (Å²) in [5, 5.41) is 0. The highest BCUT2D eigenvalue weighted by Crippen LogP contribution is 2.33. The summed E-state index contributed by atoms with van der Waals surface area (Å²) in [7, 11) is 1.39. The second-order valence-corrected chi connectivity index (χ2v) is 4.72. The van der Waals surface area contributed by atoms with Crippen LogP contribution in [-0.2, 0) is 9.53 Å².